The van der Waals surface area contributed by atoms with Gasteiger partial charge in [-0.1, -0.05) is 6.07 Å². The summed E-state index contributed by atoms with van der Waals surface area (Å²) in [5, 5.41) is 8.78. The number of nitrogens with two attached hydrogens (primary N) is 1. The van der Waals surface area contributed by atoms with Crippen LogP contribution in [0, 0.1) is 0 Å². The molecule has 92 valence electrons. The van der Waals surface area contributed by atoms with E-state index in [0.29, 0.717) is 5.75 Å². The molecule has 3 N–H and O–H groups in total. The SMILES string of the molecule is CC(Oc1ccc2c(c1)[C@@H](N)CCC2)C(=O)O. The number of rotatable bonds is 3. The van der Waals surface area contributed by atoms with Gasteiger partial charge in [-0.2, -0.15) is 0 Å². The van der Waals surface area contributed by atoms with Crippen LogP contribution in [0.4, 0.5) is 0 Å². The predicted octanol–water partition coefficient (Wildman–Crippen LogP) is 1.87. The number of aliphatic carboxylic acids is 1. The average Bonchev–Trinajstić information content (AvgIpc) is 2.30. The molecule has 1 aromatic rings. The number of benzene rings is 1. The molecule has 0 amide bonds. The summed E-state index contributed by atoms with van der Waals surface area (Å²) in [6.07, 6.45) is 2.29. The third-order valence-electron chi connectivity index (χ3n) is 3.14. The second-order valence-electron chi connectivity index (χ2n) is 4.46. The highest BCUT2D eigenvalue weighted by Crippen LogP contribution is 2.31. The van der Waals surface area contributed by atoms with Crippen molar-refractivity contribution in [3.63, 3.8) is 0 Å². The van der Waals surface area contributed by atoms with Gasteiger partial charge in [-0.3, -0.25) is 0 Å². The first-order valence-corrected chi connectivity index (χ1v) is 5.86. The molecule has 17 heavy (non-hydrogen) atoms. The number of carboxylic acids is 1. The Kier molecular flexibility index (Phi) is 3.33. The smallest absolute Gasteiger partial charge is 0.344 e. The molecule has 1 aliphatic rings. The first-order valence-electron chi connectivity index (χ1n) is 5.86. The predicted molar refractivity (Wildman–Crippen MR) is 64.0 cm³/mol. The van der Waals surface area contributed by atoms with Gasteiger partial charge in [-0.05, 0) is 49.4 Å². The van der Waals surface area contributed by atoms with Gasteiger partial charge in [0.25, 0.3) is 0 Å². The standard InChI is InChI=1S/C13H17NO3/c1-8(13(15)16)17-10-6-5-9-3-2-4-12(14)11(9)7-10/h5-8,12H,2-4,14H2,1H3,(H,15,16)/t8?,12-/m0/s1. The molecule has 0 radical (unpaired) electrons. The minimum absolute atomic E-state index is 0.0439. The molecule has 1 unspecified atom stereocenters. The maximum Gasteiger partial charge on any atom is 0.344 e. The van der Waals surface area contributed by atoms with Crippen LogP contribution >= 0.6 is 0 Å². The number of aryl methyl sites for hydroxylation is 1. The zero-order valence-corrected chi connectivity index (χ0v) is 9.85. The summed E-state index contributed by atoms with van der Waals surface area (Å²) in [6, 6.07) is 5.72. The molecule has 0 aromatic heterocycles. The second kappa shape index (κ2) is 4.75. The molecule has 0 saturated heterocycles. The molecule has 4 heteroatoms. The number of carbonyl (C=O) groups is 1. The first-order chi connectivity index (χ1) is 8.08. The van der Waals surface area contributed by atoms with Crippen LogP contribution in [-0.2, 0) is 11.2 Å². The van der Waals surface area contributed by atoms with Crippen molar-refractivity contribution >= 4 is 5.97 Å². The maximum absolute atomic E-state index is 10.7. The normalized spacial score (nSPS) is 20.5. The van der Waals surface area contributed by atoms with Crippen LogP contribution in [0.1, 0.15) is 36.9 Å². The van der Waals surface area contributed by atoms with Crippen molar-refractivity contribution in [2.45, 2.75) is 38.3 Å². The van der Waals surface area contributed by atoms with E-state index < -0.39 is 12.1 Å². The molecule has 0 spiro atoms. The zero-order chi connectivity index (χ0) is 12.4. The lowest BCUT2D eigenvalue weighted by Gasteiger charge is -2.23. The monoisotopic (exact) mass is 235 g/mol. The molecule has 1 aromatic carbocycles. The lowest BCUT2D eigenvalue weighted by molar-refractivity contribution is -0.144. The summed E-state index contributed by atoms with van der Waals surface area (Å²) >= 11 is 0. The van der Waals surface area contributed by atoms with Crippen molar-refractivity contribution in [1.82, 2.24) is 0 Å². The fourth-order valence-electron chi connectivity index (χ4n) is 2.14. The molecule has 2 rings (SSSR count). The maximum atomic E-state index is 10.7. The Labute approximate surface area is 100 Å². The van der Waals surface area contributed by atoms with E-state index in [9.17, 15) is 4.79 Å². The van der Waals surface area contributed by atoms with Crippen LogP contribution in [0.3, 0.4) is 0 Å². The highest BCUT2D eigenvalue weighted by molar-refractivity contribution is 5.72. The molecule has 1 aliphatic carbocycles. The third-order valence-corrected chi connectivity index (χ3v) is 3.14. The minimum atomic E-state index is -0.966. The van der Waals surface area contributed by atoms with Crippen molar-refractivity contribution in [2.24, 2.45) is 5.73 Å². The Morgan fingerprint density at radius 2 is 2.35 bits per heavy atom. The van der Waals surface area contributed by atoms with Crippen LogP contribution in [0.15, 0.2) is 18.2 Å². The highest BCUT2D eigenvalue weighted by atomic mass is 16.5. The Bertz CT molecular complexity index is 431. The number of hydrogen-bond donors (Lipinski definition) is 2. The Balaban J connectivity index is 2.20. The average molecular weight is 235 g/mol. The van der Waals surface area contributed by atoms with E-state index in [0.717, 1.165) is 24.8 Å². The first kappa shape index (κ1) is 11.9. The lowest BCUT2D eigenvalue weighted by Crippen LogP contribution is -2.23. The molecule has 0 bridgehead atoms. The van der Waals surface area contributed by atoms with E-state index in [4.69, 9.17) is 15.6 Å². The summed E-state index contributed by atoms with van der Waals surface area (Å²) in [7, 11) is 0. The van der Waals surface area contributed by atoms with Crippen LogP contribution in [-0.4, -0.2) is 17.2 Å². The Hall–Kier alpha value is -1.55. The molecule has 0 aliphatic heterocycles. The number of ether oxygens (including phenoxy) is 1. The van der Waals surface area contributed by atoms with Gasteiger partial charge < -0.3 is 15.6 Å². The van der Waals surface area contributed by atoms with Crippen LogP contribution in [0.2, 0.25) is 0 Å². The summed E-state index contributed by atoms with van der Waals surface area (Å²) < 4.78 is 5.34. The Morgan fingerprint density at radius 1 is 1.59 bits per heavy atom. The van der Waals surface area contributed by atoms with Crippen molar-refractivity contribution in [1.29, 1.82) is 0 Å². The minimum Gasteiger partial charge on any atom is -0.479 e. The largest absolute Gasteiger partial charge is 0.479 e. The quantitative estimate of drug-likeness (QED) is 0.839. The van der Waals surface area contributed by atoms with Crippen molar-refractivity contribution in [2.75, 3.05) is 0 Å². The van der Waals surface area contributed by atoms with Gasteiger partial charge in [0, 0.05) is 6.04 Å². The fourth-order valence-corrected chi connectivity index (χ4v) is 2.14. The van der Waals surface area contributed by atoms with E-state index in [-0.39, 0.29) is 6.04 Å². The van der Waals surface area contributed by atoms with E-state index in [1.165, 1.54) is 12.5 Å². The van der Waals surface area contributed by atoms with Crippen LogP contribution < -0.4 is 10.5 Å². The molecular formula is C13H17NO3. The second-order valence-corrected chi connectivity index (χ2v) is 4.46. The van der Waals surface area contributed by atoms with Gasteiger partial charge in [-0.25, -0.2) is 4.79 Å². The topological polar surface area (TPSA) is 72.5 Å². The van der Waals surface area contributed by atoms with E-state index in [2.05, 4.69) is 0 Å². The fraction of sp³-hybridized carbons (Fsp3) is 0.462. The van der Waals surface area contributed by atoms with Gasteiger partial charge in [0.1, 0.15) is 5.75 Å². The van der Waals surface area contributed by atoms with Crippen molar-refractivity contribution < 1.29 is 14.6 Å². The van der Waals surface area contributed by atoms with Gasteiger partial charge in [-0.15, -0.1) is 0 Å². The highest BCUT2D eigenvalue weighted by Gasteiger charge is 2.19. The zero-order valence-electron chi connectivity index (χ0n) is 9.85. The number of carboxylic acid groups (broad SMARTS) is 1. The lowest BCUT2D eigenvalue weighted by atomic mass is 9.88. The molecule has 0 fully saturated rings. The van der Waals surface area contributed by atoms with Crippen molar-refractivity contribution in [3.8, 4) is 5.75 Å². The number of hydrogen-bond acceptors (Lipinski definition) is 3. The molecular weight excluding hydrogens is 218 g/mol. The van der Waals surface area contributed by atoms with E-state index in [1.54, 1.807) is 0 Å². The van der Waals surface area contributed by atoms with E-state index >= 15 is 0 Å². The van der Waals surface area contributed by atoms with Crippen LogP contribution in [0.25, 0.3) is 0 Å². The third kappa shape index (κ3) is 2.58. The van der Waals surface area contributed by atoms with E-state index in [1.807, 2.05) is 18.2 Å². The van der Waals surface area contributed by atoms with Crippen LogP contribution in [0.5, 0.6) is 5.75 Å². The summed E-state index contributed by atoms with van der Waals surface area (Å²) in [5.41, 5.74) is 8.37. The summed E-state index contributed by atoms with van der Waals surface area (Å²) in [4.78, 5) is 10.7. The summed E-state index contributed by atoms with van der Waals surface area (Å²) in [5.74, 6) is -0.386. The summed E-state index contributed by atoms with van der Waals surface area (Å²) in [6.45, 7) is 1.52. The van der Waals surface area contributed by atoms with Gasteiger partial charge in [0.05, 0.1) is 0 Å². The van der Waals surface area contributed by atoms with Crippen molar-refractivity contribution in [3.05, 3.63) is 29.3 Å². The van der Waals surface area contributed by atoms with Gasteiger partial charge in [0.15, 0.2) is 6.10 Å². The molecule has 2 atom stereocenters. The van der Waals surface area contributed by atoms with Gasteiger partial charge in [0.2, 0.25) is 0 Å². The molecule has 0 saturated carbocycles. The Morgan fingerprint density at radius 3 is 3.06 bits per heavy atom. The molecule has 0 heterocycles. The van der Waals surface area contributed by atoms with Gasteiger partial charge >= 0.3 is 5.97 Å². The number of fused-ring (bicyclic) bond motifs is 1. The molecule has 4 nitrogen and oxygen atoms in total.